The molecule has 0 bridgehead atoms. The number of nitrogens with zero attached hydrogens (tertiary/aromatic N) is 1. The van der Waals surface area contributed by atoms with Crippen molar-refractivity contribution in [2.75, 3.05) is 25.2 Å². The molecule has 2 heterocycles. The molecule has 112 valence electrons. The lowest BCUT2D eigenvalue weighted by Gasteiger charge is -2.11. The van der Waals surface area contributed by atoms with E-state index in [-0.39, 0.29) is 18.1 Å². The Kier molecular flexibility index (Phi) is 4.44. The zero-order valence-electron chi connectivity index (χ0n) is 11.9. The number of carbonyl (C=O) groups is 1. The Balaban J connectivity index is 1.71. The fourth-order valence-electron chi connectivity index (χ4n) is 2.38. The largest absolute Gasteiger partial charge is 0.380 e. The van der Waals surface area contributed by atoms with Crippen molar-refractivity contribution in [3.05, 3.63) is 18.2 Å². The van der Waals surface area contributed by atoms with Crippen LogP contribution < -0.4 is 10.6 Å². The zero-order valence-corrected chi connectivity index (χ0v) is 13.5. The Morgan fingerprint density at radius 2 is 2.43 bits per heavy atom. The predicted octanol–water partition coefficient (Wildman–Crippen LogP) is 2.33. The van der Waals surface area contributed by atoms with Gasteiger partial charge >= 0.3 is 0 Å². The van der Waals surface area contributed by atoms with Crippen LogP contribution in [0.25, 0.3) is 10.2 Å². The number of thiazole rings is 1. The number of rotatable bonds is 4. The third kappa shape index (κ3) is 3.21. The molecule has 7 heteroatoms. The molecule has 1 aromatic heterocycles. The Hall–Kier alpha value is -1.15. The summed E-state index contributed by atoms with van der Waals surface area (Å²) in [5, 5.41) is 6.14. The summed E-state index contributed by atoms with van der Waals surface area (Å²) < 4.78 is 7.39. The van der Waals surface area contributed by atoms with Crippen LogP contribution in [0.5, 0.6) is 0 Å². The van der Waals surface area contributed by atoms with Crippen LogP contribution in [0.1, 0.15) is 6.42 Å². The number of hydrogen-bond acceptors (Lipinski definition) is 6. The SMILES string of the molecule is COC1CNC(C(=O)Nc2ccc3nc(SC)sc3c2)C1. The molecule has 21 heavy (non-hydrogen) atoms. The molecule has 5 nitrogen and oxygen atoms in total. The maximum Gasteiger partial charge on any atom is 0.241 e. The second-order valence-electron chi connectivity index (χ2n) is 4.91. The number of thioether (sulfide) groups is 1. The summed E-state index contributed by atoms with van der Waals surface area (Å²) in [5.41, 5.74) is 1.78. The van der Waals surface area contributed by atoms with Gasteiger partial charge in [0.1, 0.15) is 0 Å². The van der Waals surface area contributed by atoms with Crippen LogP contribution in [0.15, 0.2) is 22.5 Å². The van der Waals surface area contributed by atoms with Crippen molar-refractivity contribution in [3.8, 4) is 0 Å². The minimum Gasteiger partial charge on any atom is -0.380 e. The van der Waals surface area contributed by atoms with Crippen LogP contribution in [0, 0.1) is 0 Å². The third-order valence-electron chi connectivity index (χ3n) is 3.55. The molecule has 1 aliphatic rings. The van der Waals surface area contributed by atoms with Gasteiger partial charge in [0, 0.05) is 19.3 Å². The first-order chi connectivity index (χ1) is 10.2. The number of aromatic nitrogens is 1. The van der Waals surface area contributed by atoms with Gasteiger partial charge in [0.05, 0.1) is 22.4 Å². The standard InChI is InChI=1S/C14H17N3O2S2/c1-19-9-6-11(15-7-9)13(18)16-8-3-4-10-12(5-8)21-14(17-10)20-2/h3-5,9,11,15H,6-7H2,1-2H3,(H,16,18). The second-order valence-corrected chi connectivity index (χ2v) is 6.99. The number of nitrogens with one attached hydrogen (secondary N) is 2. The predicted molar refractivity (Wildman–Crippen MR) is 87.2 cm³/mol. The Morgan fingerprint density at radius 3 is 3.14 bits per heavy atom. The Morgan fingerprint density at radius 1 is 1.57 bits per heavy atom. The number of amides is 1. The highest BCUT2D eigenvalue weighted by molar-refractivity contribution is 8.00. The molecule has 3 rings (SSSR count). The number of ether oxygens (including phenoxy) is 1. The summed E-state index contributed by atoms with van der Waals surface area (Å²) >= 11 is 3.27. The Bertz CT molecular complexity index is 659. The van der Waals surface area contributed by atoms with Crippen molar-refractivity contribution in [2.45, 2.75) is 22.9 Å². The molecule has 2 unspecified atom stereocenters. The summed E-state index contributed by atoms with van der Waals surface area (Å²) in [6.07, 6.45) is 2.84. The van der Waals surface area contributed by atoms with E-state index in [2.05, 4.69) is 15.6 Å². The van der Waals surface area contributed by atoms with E-state index in [0.717, 1.165) is 26.8 Å². The topological polar surface area (TPSA) is 63.2 Å². The van der Waals surface area contributed by atoms with Gasteiger partial charge in [-0.1, -0.05) is 11.8 Å². The lowest BCUT2D eigenvalue weighted by molar-refractivity contribution is -0.118. The minimum atomic E-state index is -0.186. The van der Waals surface area contributed by atoms with Gasteiger partial charge in [0.25, 0.3) is 0 Å². The maximum absolute atomic E-state index is 12.2. The highest BCUT2D eigenvalue weighted by Gasteiger charge is 2.29. The van der Waals surface area contributed by atoms with Gasteiger partial charge in [-0.15, -0.1) is 11.3 Å². The average molecular weight is 323 g/mol. The van der Waals surface area contributed by atoms with Crippen molar-refractivity contribution in [2.24, 2.45) is 0 Å². The summed E-state index contributed by atoms with van der Waals surface area (Å²) in [4.78, 5) is 16.7. The number of hydrogen-bond donors (Lipinski definition) is 2. The second kappa shape index (κ2) is 6.31. The van der Waals surface area contributed by atoms with Crippen LogP contribution >= 0.6 is 23.1 Å². The van der Waals surface area contributed by atoms with Gasteiger partial charge in [-0.3, -0.25) is 4.79 Å². The summed E-state index contributed by atoms with van der Waals surface area (Å²) in [7, 11) is 1.67. The number of carbonyl (C=O) groups excluding carboxylic acids is 1. The quantitative estimate of drug-likeness (QED) is 0.846. The van der Waals surface area contributed by atoms with Crippen molar-refractivity contribution in [1.29, 1.82) is 0 Å². The lowest BCUT2D eigenvalue weighted by atomic mass is 10.2. The van der Waals surface area contributed by atoms with E-state index in [4.69, 9.17) is 4.74 Å². The summed E-state index contributed by atoms with van der Waals surface area (Å²) in [5.74, 6) is -0.0106. The van der Waals surface area contributed by atoms with E-state index < -0.39 is 0 Å². The number of methoxy groups -OCH3 is 1. The number of anilines is 1. The van der Waals surface area contributed by atoms with E-state index in [1.807, 2.05) is 24.5 Å². The monoisotopic (exact) mass is 323 g/mol. The van der Waals surface area contributed by atoms with Crippen LogP contribution in [-0.4, -0.2) is 42.9 Å². The van der Waals surface area contributed by atoms with E-state index in [1.54, 1.807) is 30.2 Å². The molecule has 1 fully saturated rings. The molecule has 0 spiro atoms. The fraction of sp³-hybridized carbons (Fsp3) is 0.429. The minimum absolute atomic E-state index is 0.0106. The van der Waals surface area contributed by atoms with Crippen LogP contribution in [0.2, 0.25) is 0 Å². The molecule has 1 saturated heterocycles. The van der Waals surface area contributed by atoms with Crippen LogP contribution in [-0.2, 0) is 9.53 Å². The molecule has 0 radical (unpaired) electrons. The van der Waals surface area contributed by atoms with Gasteiger partial charge in [0.2, 0.25) is 5.91 Å². The maximum atomic E-state index is 12.2. The highest BCUT2D eigenvalue weighted by atomic mass is 32.2. The van der Waals surface area contributed by atoms with Gasteiger partial charge in [0.15, 0.2) is 4.34 Å². The van der Waals surface area contributed by atoms with E-state index in [0.29, 0.717) is 6.42 Å². The van der Waals surface area contributed by atoms with E-state index >= 15 is 0 Å². The van der Waals surface area contributed by atoms with Gasteiger partial charge in [-0.05, 0) is 30.9 Å². The molecule has 1 aliphatic heterocycles. The first-order valence-electron chi connectivity index (χ1n) is 6.71. The van der Waals surface area contributed by atoms with E-state index in [9.17, 15) is 4.79 Å². The third-order valence-corrected chi connectivity index (χ3v) is 5.55. The normalized spacial score (nSPS) is 21.8. The molecule has 1 amide bonds. The summed E-state index contributed by atoms with van der Waals surface area (Å²) in [6, 6.07) is 5.63. The van der Waals surface area contributed by atoms with Crippen molar-refractivity contribution >= 4 is 44.9 Å². The molecule has 0 aliphatic carbocycles. The molecular formula is C14H17N3O2S2. The van der Waals surface area contributed by atoms with Crippen molar-refractivity contribution in [3.63, 3.8) is 0 Å². The molecule has 2 atom stereocenters. The van der Waals surface area contributed by atoms with Gasteiger partial charge in [-0.2, -0.15) is 0 Å². The molecule has 2 N–H and O–H groups in total. The van der Waals surface area contributed by atoms with Crippen molar-refractivity contribution in [1.82, 2.24) is 10.3 Å². The van der Waals surface area contributed by atoms with Crippen LogP contribution in [0.4, 0.5) is 5.69 Å². The molecular weight excluding hydrogens is 306 g/mol. The first kappa shape index (κ1) is 14.8. The molecule has 0 saturated carbocycles. The van der Waals surface area contributed by atoms with Crippen LogP contribution in [0.3, 0.4) is 0 Å². The number of fused-ring (bicyclic) bond motifs is 1. The van der Waals surface area contributed by atoms with Gasteiger partial charge in [-0.25, -0.2) is 4.98 Å². The van der Waals surface area contributed by atoms with E-state index in [1.165, 1.54) is 0 Å². The smallest absolute Gasteiger partial charge is 0.241 e. The molecule has 1 aromatic carbocycles. The highest BCUT2D eigenvalue weighted by Crippen LogP contribution is 2.30. The lowest BCUT2D eigenvalue weighted by Crippen LogP contribution is -2.35. The van der Waals surface area contributed by atoms with Gasteiger partial charge < -0.3 is 15.4 Å². The average Bonchev–Trinajstić information content (AvgIpc) is 3.12. The number of benzene rings is 1. The Labute approximate surface area is 131 Å². The summed E-state index contributed by atoms with van der Waals surface area (Å²) in [6.45, 7) is 0.722. The zero-order chi connectivity index (χ0) is 14.8. The molecule has 2 aromatic rings. The van der Waals surface area contributed by atoms with Crippen molar-refractivity contribution < 1.29 is 9.53 Å². The fourth-order valence-corrected chi connectivity index (χ4v) is 3.91. The first-order valence-corrected chi connectivity index (χ1v) is 8.75.